The zero-order valence-electron chi connectivity index (χ0n) is 22.7. The third kappa shape index (κ3) is 5.00. The normalized spacial score (nSPS) is 21.7. The smallest absolute Gasteiger partial charge is 0.316 e. The number of aromatic hydroxyl groups is 1. The summed E-state index contributed by atoms with van der Waals surface area (Å²) in [5, 5.41) is 21.8. The molecule has 0 amide bonds. The third-order valence-electron chi connectivity index (χ3n) is 8.28. The molecule has 0 saturated carbocycles. The van der Waals surface area contributed by atoms with Crippen molar-refractivity contribution >= 4 is 27.5 Å². The number of halogens is 2. The van der Waals surface area contributed by atoms with Gasteiger partial charge in [0.2, 0.25) is 0 Å². The Morgan fingerprint density at radius 1 is 1.17 bits per heavy atom. The van der Waals surface area contributed by atoms with Crippen LogP contribution in [0.4, 0.5) is 14.6 Å². The molecule has 5 heterocycles. The van der Waals surface area contributed by atoms with Crippen molar-refractivity contribution < 1.29 is 23.7 Å². The van der Waals surface area contributed by atoms with E-state index in [9.17, 15) is 19.0 Å². The molecule has 0 aliphatic carbocycles. The predicted molar refractivity (Wildman–Crippen MR) is 153 cm³/mol. The van der Waals surface area contributed by atoms with Crippen LogP contribution in [0.5, 0.6) is 11.8 Å². The molecule has 3 atom stereocenters. The molecule has 4 aromatic rings. The van der Waals surface area contributed by atoms with Gasteiger partial charge in [0.1, 0.15) is 23.6 Å². The van der Waals surface area contributed by atoms with Crippen LogP contribution in [-0.4, -0.2) is 81.7 Å². The maximum absolute atomic E-state index is 14.5. The second-order valence-electron chi connectivity index (χ2n) is 10.7. The van der Waals surface area contributed by atoms with Gasteiger partial charge in [-0.25, -0.2) is 18.7 Å². The number of aliphatic hydroxyl groups excluding tert-OH is 1. The topological polar surface area (TPSA) is 94.8 Å². The van der Waals surface area contributed by atoms with E-state index in [1.165, 1.54) is 38.2 Å². The molecule has 3 aliphatic rings. The average molecular weight is 560 g/mol. The summed E-state index contributed by atoms with van der Waals surface area (Å²) in [6.45, 7) is 2.56. The first kappa shape index (κ1) is 27.1. The van der Waals surface area contributed by atoms with Crippen molar-refractivity contribution in [3.05, 3.63) is 47.9 Å². The number of terminal acetylenes is 1. The van der Waals surface area contributed by atoms with Gasteiger partial charge in [0.25, 0.3) is 0 Å². The molecule has 7 rings (SSSR count). The van der Waals surface area contributed by atoms with Crippen LogP contribution in [0.15, 0.2) is 36.5 Å². The number of methoxy groups -OCH3 is 1. The molecular formula is C31H31F2N5O3. The molecule has 3 fully saturated rings. The molecule has 10 heteroatoms. The molecular weight excluding hydrogens is 528 g/mol. The van der Waals surface area contributed by atoms with Gasteiger partial charge < -0.3 is 19.8 Å². The van der Waals surface area contributed by atoms with Gasteiger partial charge >= 0.3 is 6.01 Å². The lowest BCUT2D eigenvalue weighted by atomic mass is 9.95. The number of fused-ring (bicyclic) bond motifs is 3. The third-order valence-corrected chi connectivity index (χ3v) is 8.28. The number of aromatic nitrogens is 3. The van der Waals surface area contributed by atoms with Gasteiger partial charge in [-0.15, -0.1) is 6.42 Å². The van der Waals surface area contributed by atoms with Crippen LogP contribution in [0.3, 0.4) is 0 Å². The first-order valence-corrected chi connectivity index (χ1v) is 13.8. The van der Waals surface area contributed by atoms with Gasteiger partial charge in [0.15, 0.2) is 0 Å². The molecule has 3 saturated heterocycles. The van der Waals surface area contributed by atoms with Crippen LogP contribution in [-0.2, 0) is 0 Å². The van der Waals surface area contributed by atoms with Crippen molar-refractivity contribution in [3.63, 3.8) is 0 Å². The van der Waals surface area contributed by atoms with Crippen molar-refractivity contribution in [2.24, 2.45) is 0 Å². The number of benzene rings is 2. The Hall–Kier alpha value is -4.07. The highest BCUT2D eigenvalue weighted by molar-refractivity contribution is 6.03. The standard InChI is InChI=1S/C24H19FN4O3.C7H12FN/c1-3-16-19(25)5-4-13-8-15(31)9-17(22(13)16)20-10-21-18(11-26-24(28-21)32-2)23(27-20)29-7-6-14(29)12-30;8-6-4-7-2-1-3-9(7)5-6/h1,4-5,8-11,14,30-31H,6-7,12H2,2H3;6-7H,1-5H2. The number of rotatable bonds is 4. The molecule has 2 aromatic heterocycles. The number of hydrogen-bond donors (Lipinski definition) is 2. The molecule has 2 N–H and O–H groups in total. The Kier molecular flexibility index (Phi) is 7.32. The van der Waals surface area contributed by atoms with E-state index in [-0.39, 0.29) is 30.0 Å². The molecule has 3 unspecified atom stereocenters. The second-order valence-corrected chi connectivity index (χ2v) is 10.7. The van der Waals surface area contributed by atoms with Crippen LogP contribution in [0.2, 0.25) is 0 Å². The summed E-state index contributed by atoms with van der Waals surface area (Å²) < 4.78 is 32.3. The molecule has 212 valence electrons. The van der Waals surface area contributed by atoms with Crippen molar-refractivity contribution in [3.8, 4) is 35.4 Å². The fraction of sp³-hybridized carbons (Fsp3) is 0.387. The SMILES string of the molecule is C#Cc1c(F)ccc2cc(O)cc(-c3cc4nc(OC)ncc4c(N4CCC4CO)n3)c12.FC1CC2CCCN2C1. The first-order chi connectivity index (χ1) is 19.9. The van der Waals surface area contributed by atoms with Crippen LogP contribution in [0, 0.1) is 18.2 Å². The summed E-state index contributed by atoms with van der Waals surface area (Å²) in [4.78, 5) is 17.8. The van der Waals surface area contributed by atoms with Crippen LogP contribution in [0.25, 0.3) is 32.9 Å². The number of pyridine rings is 1. The largest absolute Gasteiger partial charge is 0.508 e. The molecule has 41 heavy (non-hydrogen) atoms. The van der Waals surface area contributed by atoms with Gasteiger partial charge in [0, 0.05) is 36.3 Å². The fourth-order valence-electron chi connectivity index (χ4n) is 6.16. The van der Waals surface area contributed by atoms with E-state index in [1.807, 2.05) is 4.90 Å². The van der Waals surface area contributed by atoms with Crippen molar-refractivity contribution in [2.45, 2.75) is 43.9 Å². The number of nitrogens with zero attached hydrogens (tertiary/aromatic N) is 5. The summed E-state index contributed by atoms with van der Waals surface area (Å²) in [6.07, 6.45) is 10.9. The van der Waals surface area contributed by atoms with E-state index in [0.717, 1.165) is 19.4 Å². The number of alkyl halides is 1. The minimum absolute atomic E-state index is 0.00276. The lowest BCUT2D eigenvalue weighted by molar-refractivity contribution is 0.226. The van der Waals surface area contributed by atoms with Gasteiger partial charge in [-0.2, -0.15) is 4.98 Å². The quantitative estimate of drug-likeness (QED) is 0.355. The fourth-order valence-corrected chi connectivity index (χ4v) is 6.16. The average Bonchev–Trinajstić information content (AvgIpc) is 3.53. The number of hydrogen-bond acceptors (Lipinski definition) is 8. The maximum Gasteiger partial charge on any atom is 0.316 e. The van der Waals surface area contributed by atoms with E-state index in [2.05, 4.69) is 20.8 Å². The van der Waals surface area contributed by atoms with Gasteiger partial charge in [-0.3, -0.25) is 4.90 Å². The van der Waals surface area contributed by atoms with Crippen LogP contribution >= 0.6 is 0 Å². The van der Waals surface area contributed by atoms with Crippen LogP contribution in [0.1, 0.15) is 31.2 Å². The minimum atomic E-state index is -0.528. The lowest BCUT2D eigenvalue weighted by Crippen LogP contribution is -2.50. The van der Waals surface area contributed by atoms with Crippen molar-refractivity contribution in [1.29, 1.82) is 0 Å². The monoisotopic (exact) mass is 559 g/mol. The highest BCUT2D eigenvalue weighted by Gasteiger charge is 2.35. The number of phenolic OH excluding ortho intramolecular Hbond substituents is 1. The van der Waals surface area contributed by atoms with E-state index in [1.54, 1.807) is 18.3 Å². The summed E-state index contributed by atoms with van der Waals surface area (Å²) in [6, 6.07) is 8.36. The van der Waals surface area contributed by atoms with Crippen molar-refractivity contribution in [1.82, 2.24) is 19.9 Å². The Morgan fingerprint density at radius 3 is 2.73 bits per heavy atom. The zero-order chi connectivity index (χ0) is 28.7. The van der Waals surface area contributed by atoms with Crippen molar-refractivity contribution in [2.75, 3.05) is 38.3 Å². The lowest BCUT2D eigenvalue weighted by Gasteiger charge is -2.41. The van der Waals surface area contributed by atoms with E-state index in [4.69, 9.17) is 16.1 Å². The molecule has 2 aromatic carbocycles. The number of phenols is 1. The Balaban J connectivity index is 0.000000283. The molecule has 0 spiro atoms. The Morgan fingerprint density at radius 2 is 2.02 bits per heavy atom. The summed E-state index contributed by atoms with van der Waals surface area (Å²) >= 11 is 0. The second kappa shape index (κ2) is 11.1. The van der Waals surface area contributed by atoms with Gasteiger partial charge in [-0.1, -0.05) is 12.0 Å². The molecule has 0 bridgehead atoms. The molecule has 3 aliphatic heterocycles. The van der Waals surface area contributed by atoms with Crippen LogP contribution < -0.4 is 9.64 Å². The summed E-state index contributed by atoms with van der Waals surface area (Å²) in [5.41, 5.74) is 1.60. The van der Waals surface area contributed by atoms with Gasteiger partial charge in [-0.05, 0) is 61.9 Å². The number of aliphatic hydroxyl groups is 1. The zero-order valence-corrected chi connectivity index (χ0v) is 22.7. The van der Waals surface area contributed by atoms with E-state index in [0.29, 0.717) is 57.9 Å². The van der Waals surface area contributed by atoms with Gasteiger partial charge in [0.05, 0.1) is 41.9 Å². The minimum Gasteiger partial charge on any atom is -0.508 e. The van der Waals surface area contributed by atoms with E-state index >= 15 is 0 Å². The Bertz CT molecular complexity index is 1650. The molecule has 8 nitrogen and oxygen atoms in total. The Labute approximate surface area is 236 Å². The molecule has 0 radical (unpaired) electrons. The highest BCUT2D eigenvalue weighted by atomic mass is 19.1. The van der Waals surface area contributed by atoms with E-state index < -0.39 is 12.0 Å². The first-order valence-electron chi connectivity index (χ1n) is 13.8. The summed E-state index contributed by atoms with van der Waals surface area (Å²) in [5.74, 6) is 2.50. The highest BCUT2D eigenvalue weighted by Crippen LogP contribution is 2.39. The maximum atomic E-state index is 14.5. The number of anilines is 1. The summed E-state index contributed by atoms with van der Waals surface area (Å²) in [7, 11) is 1.48. The predicted octanol–water partition coefficient (Wildman–Crippen LogP) is 4.44. The number of ether oxygens (including phenoxy) is 1.